The van der Waals surface area contributed by atoms with Crippen LogP contribution in [-0.4, -0.2) is 30.3 Å². The lowest BCUT2D eigenvalue weighted by Gasteiger charge is -2.30. The molecule has 4 heteroatoms. The molecule has 1 fully saturated rings. The number of ether oxygens (including phenoxy) is 1. The molecule has 0 spiro atoms. The second-order valence-corrected chi connectivity index (χ2v) is 4.85. The molecule has 1 heterocycles. The summed E-state index contributed by atoms with van der Waals surface area (Å²) in [6.45, 7) is 2.31. The predicted octanol–water partition coefficient (Wildman–Crippen LogP) is 1.19. The van der Waals surface area contributed by atoms with Gasteiger partial charge in [-0.05, 0) is 25.3 Å². The number of rotatable bonds is 4. The molecule has 0 aromatic heterocycles. The molecule has 0 saturated carbocycles. The molecule has 4 nitrogen and oxygen atoms in total. The molecule has 1 saturated heterocycles. The Balaban J connectivity index is 2.10. The predicted molar refractivity (Wildman–Crippen MR) is 68.0 cm³/mol. The second-order valence-electron chi connectivity index (χ2n) is 4.85. The molecule has 98 valence electrons. The van der Waals surface area contributed by atoms with Gasteiger partial charge >= 0.3 is 0 Å². The van der Waals surface area contributed by atoms with Crippen LogP contribution in [0.4, 0.5) is 0 Å². The summed E-state index contributed by atoms with van der Waals surface area (Å²) in [6, 6.07) is 9.48. The van der Waals surface area contributed by atoms with Gasteiger partial charge in [-0.25, -0.2) is 0 Å². The molecule has 1 aromatic carbocycles. The summed E-state index contributed by atoms with van der Waals surface area (Å²) in [6.07, 6.45) is 1.29. The second kappa shape index (κ2) is 5.50. The van der Waals surface area contributed by atoms with Gasteiger partial charge in [0.2, 0.25) is 5.91 Å². The summed E-state index contributed by atoms with van der Waals surface area (Å²) in [5, 5.41) is 12.5. The quantitative estimate of drug-likeness (QED) is 0.842. The van der Waals surface area contributed by atoms with Crippen molar-refractivity contribution in [1.29, 1.82) is 0 Å². The highest BCUT2D eigenvalue weighted by atomic mass is 16.5. The number of hydrogen-bond donors (Lipinski definition) is 2. The van der Waals surface area contributed by atoms with Gasteiger partial charge in [0.05, 0.1) is 12.1 Å². The highest BCUT2D eigenvalue weighted by molar-refractivity contribution is 5.81. The van der Waals surface area contributed by atoms with E-state index in [4.69, 9.17) is 4.74 Å². The third-order valence-corrected chi connectivity index (χ3v) is 3.35. The van der Waals surface area contributed by atoms with Gasteiger partial charge in [0.25, 0.3) is 0 Å². The van der Waals surface area contributed by atoms with E-state index >= 15 is 0 Å². The van der Waals surface area contributed by atoms with Crippen molar-refractivity contribution < 1.29 is 14.6 Å². The minimum Gasteiger partial charge on any atom is -0.394 e. The lowest BCUT2D eigenvalue weighted by atomic mass is 9.92. The number of amides is 1. The third kappa shape index (κ3) is 2.71. The van der Waals surface area contributed by atoms with E-state index < -0.39 is 5.54 Å². The molecule has 0 radical (unpaired) electrons. The largest absolute Gasteiger partial charge is 0.394 e. The maximum atomic E-state index is 12.0. The van der Waals surface area contributed by atoms with Crippen LogP contribution in [0.2, 0.25) is 0 Å². The van der Waals surface area contributed by atoms with Crippen molar-refractivity contribution in [3.05, 3.63) is 35.9 Å². The molecule has 2 atom stereocenters. The molecular weight excluding hydrogens is 230 g/mol. The Kier molecular flexibility index (Phi) is 3.99. The molecule has 1 unspecified atom stereocenters. The molecular formula is C14H19NO3. The number of hydrogen-bond acceptors (Lipinski definition) is 3. The Morgan fingerprint density at radius 3 is 2.78 bits per heavy atom. The van der Waals surface area contributed by atoms with Gasteiger partial charge in [0.1, 0.15) is 6.10 Å². The zero-order valence-corrected chi connectivity index (χ0v) is 10.6. The number of nitrogens with one attached hydrogen (secondary N) is 1. The normalized spacial score (nSPS) is 22.4. The van der Waals surface area contributed by atoms with Crippen molar-refractivity contribution >= 4 is 5.91 Å². The van der Waals surface area contributed by atoms with Crippen LogP contribution in [0.5, 0.6) is 0 Å². The summed E-state index contributed by atoms with van der Waals surface area (Å²) in [7, 11) is 0. The zero-order valence-electron chi connectivity index (χ0n) is 10.6. The fraction of sp³-hybridized carbons (Fsp3) is 0.500. The summed E-state index contributed by atoms with van der Waals surface area (Å²) in [5.74, 6) is -0.145. The maximum absolute atomic E-state index is 12.0. The van der Waals surface area contributed by atoms with E-state index in [1.807, 2.05) is 37.3 Å². The SMILES string of the molecule is CC(CO)(NC(=O)[C@@H]1CCCO1)c1ccccc1. The highest BCUT2D eigenvalue weighted by Gasteiger charge is 2.32. The molecule has 1 aromatic rings. The van der Waals surface area contributed by atoms with E-state index in [-0.39, 0.29) is 18.6 Å². The number of benzene rings is 1. The molecule has 1 aliphatic rings. The van der Waals surface area contributed by atoms with Crippen molar-refractivity contribution in [2.45, 2.75) is 31.4 Å². The number of carbonyl (C=O) groups excluding carboxylic acids is 1. The zero-order chi connectivity index (χ0) is 13.0. The Hall–Kier alpha value is -1.39. The summed E-state index contributed by atoms with van der Waals surface area (Å²) in [4.78, 5) is 12.0. The van der Waals surface area contributed by atoms with E-state index in [9.17, 15) is 9.90 Å². The number of carbonyl (C=O) groups is 1. The van der Waals surface area contributed by atoms with E-state index in [0.717, 1.165) is 18.4 Å². The van der Waals surface area contributed by atoms with Gasteiger partial charge in [-0.15, -0.1) is 0 Å². The fourth-order valence-electron chi connectivity index (χ4n) is 2.15. The minimum atomic E-state index is -0.760. The molecule has 1 amide bonds. The van der Waals surface area contributed by atoms with Crippen molar-refractivity contribution in [2.75, 3.05) is 13.2 Å². The van der Waals surface area contributed by atoms with Gasteiger partial charge in [0, 0.05) is 6.61 Å². The Morgan fingerprint density at radius 1 is 1.50 bits per heavy atom. The summed E-state index contributed by atoms with van der Waals surface area (Å²) < 4.78 is 5.35. The topological polar surface area (TPSA) is 58.6 Å². The van der Waals surface area contributed by atoms with Crippen LogP contribution in [0.1, 0.15) is 25.3 Å². The van der Waals surface area contributed by atoms with Crippen molar-refractivity contribution in [2.24, 2.45) is 0 Å². The average Bonchev–Trinajstić information content (AvgIpc) is 2.93. The van der Waals surface area contributed by atoms with Crippen LogP contribution in [0.15, 0.2) is 30.3 Å². The van der Waals surface area contributed by atoms with Crippen LogP contribution in [0.3, 0.4) is 0 Å². The number of aliphatic hydroxyl groups is 1. The lowest BCUT2D eigenvalue weighted by Crippen LogP contribution is -2.49. The first-order valence-corrected chi connectivity index (χ1v) is 6.26. The Labute approximate surface area is 107 Å². The minimum absolute atomic E-state index is 0.143. The van der Waals surface area contributed by atoms with E-state index in [1.165, 1.54) is 0 Å². The summed E-state index contributed by atoms with van der Waals surface area (Å²) >= 11 is 0. The van der Waals surface area contributed by atoms with Gasteiger partial charge in [-0.3, -0.25) is 4.79 Å². The smallest absolute Gasteiger partial charge is 0.249 e. The van der Waals surface area contributed by atoms with Crippen LogP contribution in [0, 0.1) is 0 Å². The van der Waals surface area contributed by atoms with Crippen molar-refractivity contribution in [1.82, 2.24) is 5.32 Å². The number of aliphatic hydroxyl groups excluding tert-OH is 1. The average molecular weight is 249 g/mol. The van der Waals surface area contributed by atoms with Crippen molar-refractivity contribution in [3.63, 3.8) is 0 Å². The maximum Gasteiger partial charge on any atom is 0.249 e. The highest BCUT2D eigenvalue weighted by Crippen LogP contribution is 2.21. The van der Waals surface area contributed by atoms with E-state index in [1.54, 1.807) is 0 Å². The van der Waals surface area contributed by atoms with Crippen LogP contribution in [0.25, 0.3) is 0 Å². The van der Waals surface area contributed by atoms with E-state index in [0.29, 0.717) is 6.61 Å². The van der Waals surface area contributed by atoms with Crippen LogP contribution in [-0.2, 0) is 15.1 Å². The van der Waals surface area contributed by atoms with Crippen molar-refractivity contribution in [3.8, 4) is 0 Å². The van der Waals surface area contributed by atoms with Gasteiger partial charge in [-0.2, -0.15) is 0 Å². The molecule has 0 aliphatic carbocycles. The summed E-state index contributed by atoms with van der Waals surface area (Å²) in [5.41, 5.74) is 0.128. The van der Waals surface area contributed by atoms with Gasteiger partial charge in [-0.1, -0.05) is 30.3 Å². The first kappa shape index (κ1) is 13.1. The molecule has 2 N–H and O–H groups in total. The molecule has 1 aliphatic heterocycles. The fourth-order valence-corrected chi connectivity index (χ4v) is 2.15. The van der Waals surface area contributed by atoms with Gasteiger partial charge in [0.15, 0.2) is 0 Å². The Bertz CT molecular complexity index is 401. The van der Waals surface area contributed by atoms with Crippen LogP contribution < -0.4 is 5.32 Å². The molecule has 18 heavy (non-hydrogen) atoms. The standard InChI is InChI=1S/C14H19NO3/c1-14(10-16,11-6-3-2-4-7-11)15-13(17)12-8-5-9-18-12/h2-4,6-7,12,16H,5,8-10H2,1H3,(H,15,17)/t12-,14?/m0/s1. The monoisotopic (exact) mass is 249 g/mol. The first-order valence-electron chi connectivity index (χ1n) is 6.26. The van der Waals surface area contributed by atoms with Gasteiger partial charge < -0.3 is 15.2 Å². The molecule has 2 rings (SSSR count). The lowest BCUT2D eigenvalue weighted by molar-refractivity contribution is -0.132. The molecule has 0 bridgehead atoms. The third-order valence-electron chi connectivity index (χ3n) is 3.35. The Morgan fingerprint density at radius 2 is 2.22 bits per heavy atom. The first-order chi connectivity index (χ1) is 8.65. The van der Waals surface area contributed by atoms with E-state index in [2.05, 4.69) is 5.32 Å². The van der Waals surface area contributed by atoms with Crippen LogP contribution >= 0.6 is 0 Å².